The van der Waals surface area contributed by atoms with Crippen molar-refractivity contribution in [2.45, 2.75) is 26.8 Å². The Labute approximate surface area is 119 Å². The van der Waals surface area contributed by atoms with Crippen molar-refractivity contribution >= 4 is 5.91 Å². The fourth-order valence-electron chi connectivity index (χ4n) is 2.81. The molecule has 0 N–H and O–H groups in total. The van der Waals surface area contributed by atoms with Crippen LogP contribution in [-0.2, 0) is 20.0 Å². The number of nitrogens with zero attached hydrogens (tertiary/aromatic N) is 3. The van der Waals surface area contributed by atoms with Gasteiger partial charge in [-0.05, 0) is 25.5 Å². The molecule has 1 amide bonds. The SMILES string of the molecule is Cc1ccc(C(=O)N2CCc3ncn(C)c3C2)c(C)c1. The number of fused-ring (bicyclic) bond motifs is 1. The molecule has 20 heavy (non-hydrogen) atoms. The number of aryl methyl sites for hydroxylation is 3. The normalized spacial score (nSPS) is 14.2. The zero-order valence-corrected chi connectivity index (χ0v) is 12.2. The first-order chi connectivity index (χ1) is 9.56. The lowest BCUT2D eigenvalue weighted by Gasteiger charge is -2.27. The van der Waals surface area contributed by atoms with Crippen molar-refractivity contribution in [1.82, 2.24) is 14.5 Å². The predicted molar refractivity (Wildman–Crippen MR) is 77.6 cm³/mol. The maximum Gasteiger partial charge on any atom is 0.254 e. The number of imidazole rings is 1. The molecule has 1 aliphatic rings. The molecular formula is C16H19N3O. The van der Waals surface area contributed by atoms with Crippen LogP contribution in [0.15, 0.2) is 24.5 Å². The van der Waals surface area contributed by atoms with Crippen LogP contribution in [0.5, 0.6) is 0 Å². The number of rotatable bonds is 1. The van der Waals surface area contributed by atoms with Crippen LogP contribution in [0, 0.1) is 13.8 Å². The average molecular weight is 269 g/mol. The standard InChI is InChI=1S/C16H19N3O/c1-11-4-5-13(12(2)8-11)16(20)19-7-6-14-15(9-19)18(3)10-17-14/h4-5,8,10H,6-7,9H2,1-3H3. The smallest absolute Gasteiger partial charge is 0.254 e. The number of benzene rings is 1. The van der Waals surface area contributed by atoms with Gasteiger partial charge >= 0.3 is 0 Å². The molecule has 0 saturated carbocycles. The highest BCUT2D eigenvalue weighted by Gasteiger charge is 2.25. The van der Waals surface area contributed by atoms with E-state index in [0.29, 0.717) is 6.54 Å². The van der Waals surface area contributed by atoms with Gasteiger partial charge in [-0.25, -0.2) is 4.98 Å². The van der Waals surface area contributed by atoms with Gasteiger partial charge in [0.15, 0.2) is 0 Å². The van der Waals surface area contributed by atoms with E-state index >= 15 is 0 Å². The first kappa shape index (κ1) is 12.9. The molecule has 4 nitrogen and oxygen atoms in total. The van der Waals surface area contributed by atoms with Crippen molar-refractivity contribution in [1.29, 1.82) is 0 Å². The molecule has 1 aliphatic heterocycles. The lowest BCUT2D eigenvalue weighted by Crippen LogP contribution is -2.37. The van der Waals surface area contributed by atoms with Gasteiger partial charge in [-0.15, -0.1) is 0 Å². The van der Waals surface area contributed by atoms with Crippen LogP contribution < -0.4 is 0 Å². The minimum absolute atomic E-state index is 0.120. The summed E-state index contributed by atoms with van der Waals surface area (Å²) in [6, 6.07) is 6.00. The number of carbonyl (C=O) groups is 1. The molecule has 3 rings (SSSR count). The van der Waals surface area contributed by atoms with Crippen molar-refractivity contribution in [3.8, 4) is 0 Å². The zero-order chi connectivity index (χ0) is 14.3. The molecule has 0 aliphatic carbocycles. The van der Waals surface area contributed by atoms with Gasteiger partial charge in [0, 0.05) is 25.6 Å². The second kappa shape index (κ2) is 4.78. The topological polar surface area (TPSA) is 38.1 Å². The third kappa shape index (κ3) is 2.11. The molecule has 0 fully saturated rings. The highest BCUT2D eigenvalue weighted by Crippen LogP contribution is 2.20. The van der Waals surface area contributed by atoms with E-state index in [2.05, 4.69) is 11.1 Å². The second-order valence-corrected chi connectivity index (χ2v) is 5.54. The third-order valence-electron chi connectivity index (χ3n) is 4.00. The fraction of sp³-hybridized carbons (Fsp3) is 0.375. The molecule has 0 radical (unpaired) electrons. The molecular weight excluding hydrogens is 250 g/mol. The molecule has 104 valence electrons. The first-order valence-electron chi connectivity index (χ1n) is 6.92. The summed E-state index contributed by atoms with van der Waals surface area (Å²) in [5.74, 6) is 0.120. The Morgan fingerprint density at radius 2 is 2.10 bits per heavy atom. The summed E-state index contributed by atoms with van der Waals surface area (Å²) in [5.41, 5.74) is 5.31. The molecule has 1 aromatic heterocycles. The van der Waals surface area contributed by atoms with E-state index in [4.69, 9.17) is 0 Å². The quantitative estimate of drug-likeness (QED) is 0.796. The highest BCUT2D eigenvalue weighted by atomic mass is 16.2. The van der Waals surface area contributed by atoms with Crippen molar-refractivity contribution in [3.63, 3.8) is 0 Å². The molecule has 2 aromatic rings. The summed E-state index contributed by atoms with van der Waals surface area (Å²) in [7, 11) is 1.98. The van der Waals surface area contributed by atoms with Gasteiger partial charge in [-0.1, -0.05) is 17.7 Å². The van der Waals surface area contributed by atoms with Gasteiger partial charge in [0.25, 0.3) is 5.91 Å². The van der Waals surface area contributed by atoms with Crippen LogP contribution in [0.3, 0.4) is 0 Å². The summed E-state index contributed by atoms with van der Waals surface area (Å²) >= 11 is 0. The van der Waals surface area contributed by atoms with Gasteiger partial charge in [-0.3, -0.25) is 4.79 Å². The van der Waals surface area contributed by atoms with Crippen LogP contribution in [0.4, 0.5) is 0 Å². The molecule has 1 aromatic carbocycles. The number of hydrogen-bond acceptors (Lipinski definition) is 2. The van der Waals surface area contributed by atoms with Gasteiger partial charge < -0.3 is 9.47 Å². The summed E-state index contributed by atoms with van der Waals surface area (Å²) < 4.78 is 2.01. The predicted octanol–water partition coefficient (Wildman–Crippen LogP) is 2.24. The second-order valence-electron chi connectivity index (χ2n) is 5.54. The lowest BCUT2D eigenvalue weighted by molar-refractivity contribution is 0.0729. The maximum absolute atomic E-state index is 12.7. The van der Waals surface area contributed by atoms with E-state index in [1.54, 1.807) is 0 Å². The van der Waals surface area contributed by atoms with E-state index < -0.39 is 0 Å². The Morgan fingerprint density at radius 1 is 1.30 bits per heavy atom. The number of hydrogen-bond donors (Lipinski definition) is 0. The van der Waals surface area contributed by atoms with Crippen molar-refractivity contribution in [2.24, 2.45) is 7.05 Å². The number of aromatic nitrogens is 2. The van der Waals surface area contributed by atoms with Crippen LogP contribution >= 0.6 is 0 Å². The van der Waals surface area contributed by atoms with E-state index in [1.165, 1.54) is 5.56 Å². The Kier molecular flexibility index (Phi) is 3.08. The third-order valence-corrected chi connectivity index (χ3v) is 4.00. The number of carbonyl (C=O) groups excluding carboxylic acids is 1. The Bertz CT molecular complexity index is 672. The summed E-state index contributed by atoms with van der Waals surface area (Å²) in [6.07, 6.45) is 2.67. The monoisotopic (exact) mass is 269 g/mol. The minimum Gasteiger partial charge on any atom is -0.336 e. The van der Waals surface area contributed by atoms with E-state index in [-0.39, 0.29) is 5.91 Å². The fourth-order valence-corrected chi connectivity index (χ4v) is 2.81. The molecule has 0 saturated heterocycles. The Morgan fingerprint density at radius 3 is 2.85 bits per heavy atom. The molecule has 2 heterocycles. The first-order valence-corrected chi connectivity index (χ1v) is 6.92. The molecule has 4 heteroatoms. The van der Waals surface area contributed by atoms with Crippen LogP contribution in [-0.4, -0.2) is 26.9 Å². The molecule has 0 atom stereocenters. The van der Waals surface area contributed by atoms with Crippen LogP contribution in [0.1, 0.15) is 32.9 Å². The van der Waals surface area contributed by atoms with Crippen LogP contribution in [0.2, 0.25) is 0 Å². The van der Waals surface area contributed by atoms with Crippen LogP contribution in [0.25, 0.3) is 0 Å². The van der Waals surface area contributed by atoms with Gasteiger partial charge in [0.05, 0.1) is 24.3 Å². The van der Waals surface area contributed by atoms with Gasteiger partial charge in [-0.2, -0.15) is 0 Å². The maximum atomic E-state index is 12.7. The molecule has 0 spiro atoms. The summed E-state index contributed by atoms with van der Waals surface area (Å²) in [5, 5.41) is 0. The molecule has 0 bridgehead atoms. The number of amides is 1. The van der Waals surface area contributed by atoms with Gasteiger partial charge in [0.1, 0.15) is 0 Å². The van der Waals surface area contributed by atoms with E-state index in [1.807, 2.05) is 48.8 Å². The van der Waals surface area contributed by atoms with Gasteiger partial charge in [0.2, 0.25) is 0 Å². The van der Waals surface area contributed by atoms with Crippen molar-refractivity contribution in [2.75, 3.05) is 6.54 Å². The lowest BCUT2D eigenvalue weighted by atomic mass is 10.0. The highest BCUT2D eigenvalue weighted by molar-refractivity contribution is 5.95. The summed E-state index contributed by atoms with van der Waals surface area (Å²) in [6.45, 7) is 5.44. The average Bonchev–Trinajstić information content (AvgIpc) is 2.79. The minimum atomic E-state index is 0.120. The Hall–Kier alpha value is -2.10. The summed E-state index contributed by atoms with van der Waals surface area (Å²) in [4.78, 5) is 19.0. The van der Waals surface area contributed by atoms with E-state index in [0.717, 1.165) is 35.5 Å². The van der Waals surface area contributed by atoms with Crippen molar-refractivity contribution < 1.29 is 4.79 Å². The van der Waals surface area contributed by atoms with Crippen molar-refractivity contribution in [3.05, 3.63) is 52.6 Å². The molecule has 0 unspecified atom stereocenters. The van der Waals surface area contributed by atoms with E-state index in [9.17, 15) is 4.79 Å². The zero-order valence-electron chi connectivity index (χ0n) is 12.2. The largest absolute Gasteiger partial charge is 0.336 e. The Balaban J connectivity index is 1.87.